The second-order valence-electron chi connectivity index (χ2n) is 5.26. The number of aliphatic hydroxyl groups excluding tert-OH is 1. The summed E-state index contributed by atoms with van der Waals surface area (Å²) in [6, 6.07) is 0. The van der Waals surface area contributed by atoms with Gasteiger partial charge in [-0.15, -0.1) is 0 Å². The molecule has 1 saturated heterocycles. The Kier molecular flexibility index (Phi) is 5.64. The molecule has 5 nitrogen and oxygen atoms in total. The molecule has 1 aliphatic rings. The van der Waals surface area contributed by atoms with Gasteiger partial charge in [0.25, 0.3) is 0 Å². The summed E-state index contributed by atoms with van der Waals surface area (Å²) in [4.78, 5) is 9.11. The summed E-state index contributed by atoms with van der Waals surface area (Å²) in [7, 11) is 8.48. The zero-order valence-electron chi connectivity index (χ0n) is 11.1. The third-order valence-corrected chi connectivity index (χ3v) is 2.85. The molecule has 0 aromatic heterocycles. The third-order valence-electron chi connectivity index (χ3n) is 2.85. The topological polar surface area (TPSA) is 33.2 Å². The van der Waals surface area contributed by atoms with Gasteiger partial charge in [-0.25, -0.2) is 0 Å². The van der Waals surface area contributed by atoms with Gasteiger partial charge >= 0.3 is 0 Å². The molecule has 96 valence electrons. The average Bonchev–Trinajstić information content (AvgIpc) is 2.14. The van der Waals surface area contributed by atoms with Crippen molar-refractivity contribution >= 4 is 0 Å². The molecule has 0 bridgehead atoms. The third kappa shape index (κ3) is 4.76. The Morgan fingerprint density at radius 2 is 1.19 bits per heavy atom. The van der Waals surface area contributed by atoms with Gasteiger partial charge in [0, 0.05) is 25.6 Å². The normalized spacial score (nSPS) is 26.1. The highest BCUT2D eigenvalue weighted by atomic mass is 16.3. The Hall–Kier alpha value is -0.200. The average molecular weight is 230 g/mol. The van der Waals surface area contributed by atoms with Gasteiger partial charge in [-0.2, -0.15) is 0 Å². The van der Waals surface area contributed by atoms with Gasteiger partial charge in [0.15, 0.2) is 0 Å². The van der Waals surface area contributed by atoms with Crippen LogP contribution in [0.1, 0.15) is 0 Å². The van der Waals surface area contributed by atoms with Gasteiger partial charge in [0.05, 0.1) is 20.0 Å². The molecule has 1 heterocycles. The maximum Gasteiger partial charge on any atom is 0.0523 e. The molecule has 0 saturated carbocycles. The first-order valence-electron chi connectivity index (χ1n) is 5.86. The minimum atomic E-state index is 0.266. The van der Waals surface area contributed by atoms with Crippen LogP contribution < -0.4 is 0 Å². The number of rotatable bonds is 1. The zero-order chi connectivity index (χ0) is 12.1. The molecule has 5 heteroatoms. The highest BCUT2D eigenvalue weighted by Crippen LogP contribution is 2.05. The van der Waals surface area contributed by atoms with Crippen molar-refractivity contribution < 1.29 is 5.11 Å². The van der Waals surface area contributed by atoms with Crippen LogP contribution in [0.5, 0.6) is 0 Å². The van der Waals surface area contributed by atoms with E-state index in [0.717, 1.165) is 33.1 Å². The molecular weight excluding hydrogens is 204 g/mol. The van der Waals surface area contributed by atoms with Crippen molar-refractivity contribution in [3.05, 3.63) is 0 Å². The first kappa shape index (κ1) is 13.9. The van der Waals surface area contributed by atoms with Gasteiger partial charge in [0.2, 0.25) is 0 Å². The second kappa shape index (κ2) is 6.51. The Labute approximate surface area is 99.2 Å². The van der Waals surface area contributed by atoms with Crippen molar-refractivity contribution in [3.8, 4) is 0 Å². The number of nitrogens with zero attached hydrogens (tertiary/aromatic N) is 4. The van der Waals surface area contributed by atoms with E-state index in [-0.39, 0.29) is 6.61 Å². The lowest BCUT2D eigenvalue weighted by Gasteiger charge is -2.35. The lowest BCUT2D eigenvalue weighted by atomic mass is 10.1. The minimum absolute atomic E-state index is 0.266. The van der Waals surface area contributed by atoms with Crippen LogP contribution in [0.3, 0.4) is 0 Å². The fourth-order valence-corrected chi connectivity index (χ4v) is 2.50. The fraction of sp³-hybridized carbons (Fsp3) is 1.00. The van der Waals surface area contributed by atoms with Crippen molar-refractivity contribution in [2.24, 2.45) is 5.92 Å². The highest BCUT2D eigenvalue weighted by molar-refractivity contribution is 4.68. The van der Waals surface area contributed by atoms with E-state index in [0.29, 0.717) is 5.92 Å². The quantitative estimate of drug-likeness (QED) is 0.638. The molecule has 0 unspecified atom stereocenters. The molecule has 16 heavy (non-hydrogen) atoms. The van der Waals surface area contributed by atoms with Gasteiger partial charge in [-0.3, -0.25) is 19.6 Å². The van der Waals surface area contributed by atoms with E-state index < -0.39 is 0 Å². The van der Waals surface area contributed by atoms with E-state index in [9.17, 15) is 5.11 Å². The van der Waals surface area contributed by atoms with Crippen LogP contribution >= 0.6 is 0 Å². The summed E-state index contributed by atoms with van der Waals surface area (Å²) < 4.78 is 0. The molecule has 0 aromatic rings. The van der Waals surface area contributed by atoms with E-state index in [4.69, 9.17) is 0 Å². The first-order valence-corrected chi connectivity index (χ1v) is 5.86. The molecule has 1 N–H and O–H groups in total. The Morgan fingerprint density at radius 1 is 0.812 bits per heavy atom. The number of hydrogen-bond donors (Lipinski definition) is 1. The van der Waals surface area contributed by atoms with E-state index in [1.54, 1.807) is 0 Å². The Bertz CT molecular complexity index is 184. The number of hydrogen-bond acceptors (Lipinski definition) is 5. The lowest BCUT2D eigenvalue weighted by molar-refractivity contribution is 0.0393. The predicted octanol–water partition coefficient (Wildman–Crippen LogP) is -0.792. The minimum Gasteiger partial charge on any atom is -0.396 e. The summed E-state index contributed by atoms with van der Waals surface area (Å²) >= 11 is 0. The van der Waals surface area contributed by atoms with Crippen molar-refractivity contribution in [2.75, 3.05) is 67.9 Å². The molecular formula is C11H26N4O. The lowest BCUT2D eigenvalue weighted by Crippen LogP contribution is -2.48. The van der Waals surface area contributed by atoms with Gasteiger partial charge < -0.3 is 5.11 Å². The fourth-order valence-electron chi connectivity index (χ4n) is 2.50. The molecule has 0 amide bonds. The first-order chi connectivity index (χ1) is 7.51. The molecule has 1 aliphatic heterocycles. The van der Waals surface area contributed by atoms with Crippen molar-refractivity contribution in [3.63, 3.8) is 0 Å². The molecule has 0 radical (unpaired) electrons. The van der Waals surface area contributed by atoms with Crippen molar-refractivity contribution in [1.29, 1.82) is 0 Å². The van der Waals surface area contributed by atoms with Crippen LogP contribution in [0.15, 0.2) is 0 Å². The van der Waals surface area contributed by atoms with Crippen LogP contribution in [-0.4, -0.2) is 92.6 Å². The van der Waals surface area contributed by atoms with Gasteiger partial charge in [-0.05, 0) is 28.2 Å². The summed E-state index contributed by atoms with van der Waals surface area (Å²) in [6.45, 7) is 5.04. The van der Waals surface area contributed by atoms with Crippen LogP contribution in [0, 0.1) is 5.92 Å². The second-order valence-corrected chi connectivity index (χ2v) is 5.26. The van der Waals surface area contributed by atoms with Gasteiger partial charge in [-0.1, -0.05) is 0 Å². The smallest absolute Gasteiger partial charge is 0.0523 e. The van der Waals surface area contributed by atoms with E-state index >= 15 is 0 Å². The standard InChI is InChI=1S/C11H26N4O/c1-12-5-11(7-16)6-13(2)9-15(4)10-14(3)8-12/h11,16H,5-10H2,1-4H3. The summed E-state index contributed by atoms with van der Waals surface area (Å²) in [5.74, 6) is 0.342. The van der Waals surface area contributed by atoms with Crippen molar-refractivity contribution in [2.45, 2.75) is 0 Å². The maximum atomic E-state index is 9.36. The summed E-state index contributed by atoms with van der Waals surface area (Å²) in [5, 5.41) is 9.36. The molecule has 0 spiro atoms. The van der Waals surface area contributed by atoms with Crippen LogP contribution in [0.25, 0.3) is 0 Å². The van der Waals surface area contributed by atoms with Gasteiger partial charge in [0.1, 0.15) is 0 Å². The maximum absolute atomic E-state index is 9.36. The van der Waals surface area contributed by atoms with E-state index in [2.05, 4.69) is 47.8 Å². The van der Waals surface area contributed by atoms with E-state index in [1.165, 1.54) is 0 Å². The monoisotopic (exact) mass is 230 g/mol. The molecule has 0 aliphatic carbocycles. The van der Waals surface area contributed by atoms with Crippen molar-refractivity contribution in [1.82, 2.24) is 19.6 Å². The largest absolute Gasteiger partial charge is 0.396 e. The Morgan fingerprint density at radius 3 is 1.56 bits per heavy atom. The summed E-state index contributed by atoms with van der Waals surface area (Å²) in [6.07, 6.45) is 0. The molecule has 1 fully saturated rings. The molecule has 0 atom stereocenters. The number of aliphatic hydroxyl groups is 1. The Balaban J connectivity index is 2.59. The van der Waals surface area contributed by atoms with Crippen LogP contribution in [-0.2, 0) is 0 Å². The SMILES string of the molecule is CN1CC(CO)CN(C)CN(C)CN(C)C1. The van der Waals surface area contributed by atoms with Crippen LogP contribution in [0.2, 0.25) is 0 Å². The molecule has 1 rings (SSSR count). The summed E-state index contributed by atoms with van der Waals surface area (Å²) in [5.41, 5.74) is 0. The van der Waals surface area contributed by atoms with E-state index in [1.807, 2.05) is 0 Å². The highest BCUT2D eigenvalue weighted by Gasteiger charge is 2.17. The predicted molar refractivity (Wildman–Crippen MR) is 66.0 cm³/mol. The molecule has 0 aromatic carbocycles. The zero-order valence-corrected chi connectivity index (χ0v) is 11.1. The van der Waals surface area contributed by atoms with Crippen LogP contribution in [0.4, 0.5) is 0 Å².